The van der Waals surface area contributed by atoms with Crippen LogP contribution in [-0.4, -0.2) is 11.5 Å². The molecule has 2 nitrogen and oxygen atoms in total. The first kappa shape index (κ1) is 8.75. The summed E-state index contributed by atoms with van der Waals surface area (Å²) in [5.74, 6) is 0. The Kier molecular flexibility index (Phi) is 2.45. The van der Waals surface area contributed by atoms with E-state index in [9.17, 15) is 0 Å². The van der Waals surface area contributed by atoms with Gasteiger partial charge in [0.25, 0.3) is 0 Å². The second kappa shape index (κ2) is 3.92. The monoisotopic (exact) mass is 184 g/mol. The zero-order chi connectivity index (χ0) is 9.80. The Morgan fingerprint density at radius 1 is 1.36 bits per heavy atom. The fourth-order valence-electron chi connectivity index (χ4n) is 1.37. The van der Waals surface area contributed by atoms with E-state index in [1.54, 1.807) is 0 Å². The van der Waals surface area contributed by atoms with Crippen molar-refractivity contribution in [1.29, 1.82) is 0 Å². The third-order valence-corrected chi connectivity index (χ3v) is 2.16. The lowest BCUT2D eigenvalue weighted by Crippen LogP contribution is -2.17. The molecule has 2 heteroatoms. The Morgan fingerprint density at radius 3 is 2.86 bits per heavy atom. The first-order valence-corrected chi connectivity index (χ1v) is 4.59. The molecule has 0 spiro atoms. The lowest BCUT2D eigenvalue weighted by atomic mass is 10.1. The molecule has 1 N–H and O–H groups in total. The fourth-order valence-corrected chi connectivity index (χ4v) is 1.37. The second-order valence-electron chi connectivity index (χ2n) is 3.09. The van der Waals surface area contributed by atoms with Crippen LogP contribution in [0.25, 0.3) is 5.57 Å². The second-order valence-corrected chi connectivity index (χ2v) is 3.09. The van der Waals surface area contributed by atoms with Gasteiger partial charge in [0.15, 0.2) is 0 Å². The summed E-state index contributed by atoms with van der Waals surface area (Å²) in [4.78, 5) is 4.29. The highest BCUT2D eigenvalue weighted by atomic mass is 14.9. The number of pyridine rings is 1. The minimum absolute atomic E-state index is 0.814. The third kappa shape index (κ3) is 1.74. The molecule has 0 fully saturated rings. The lowest BCUT2D eigenvalue weighted by molar-refractivity contribution is 0.929. The number of hydrogen-bond donors (Lipinski definition) is 1. The molecule has 0 aromatic carbocycles. The van der Waals surface area contributed by atoms with Crippen LogP contribution in [0.3, 0.4) is 0 Å². The van der Waals surface area contributed by atoms with Gasteiger partial charge in [0.1, 0.15) is 0 Å². The van der Waals surface area contributed by atoms with E-state index in [-0.39, 0.29) is 0 Å². The molecule has 0 radical (unpaired) electrons. The van der Waals surface area contributed by atoms with E-state index in [0.29, 0.717) is 0 Å². The van der Waals surface area contributed by atoms with Crippen LogP contribution in [0.15, 0.2) is 54.9 Å². The fraction of sp³-hybridized carbons (Fsp3) is 0.0833. The molecule has 0 saturated heterocycles. The smallest absolute Gasteiger partial charge is 0.0679 e. The highest BCUT2D eigenvalue weighted by Gasteiger charge is 2.05. The highest BCUT2D eigenvalue weighted by Crippen LogP contribution is 2.14. The van der Waals surface area contributed by atoms with E-state index in [0.717, 1.165) is 17.9 Å². The van der Waals surface area contributed by atoms with Gasteiger partial charge in [-0.1, -0.05) is 18.7 Å². The molecule has 0 saturated carbocycles. The van der Waals surface area contributed by atoms with Crippen molar-refractivity contribution in [2.45, 2.75) is 0 Å². The summed E-state index contributed by atoms with van der Waals surface area (Å²) in [5, 5.41) is 3.25. The molecule has 1 aliphatic heterocycles. The predicted molar refractivity (Wildman–Crippen MR) is 58.5 cm³/mol. The Balaban J connectivity index is 2.26. The number of nitrogens with zero attached hydrogens (tertiary/aromatic N) is 1. The van der Waals surface area contributed by atoms with Gasteiger partial charge in [-0.2, -0.15) is 0 Å². The molecule has 2 rings (SSSR count). The topological polar surface area (TPSA) is 24.9 Å². The van der Waals surface area contributed by atoms with Crippen molar-refractivity contribution in [2.75, 3.05) is 6.54 Å². The van der Waals surface area contributed by atoms with Gasteiger partial charge in [0, 0.05) is 18.4 Å². The normalized spacial score (nSPS) is 15.1. The summed E-state index contributed by atoms with van der Waals surface area (Å²) in [7, 11) is 0. The van der Waals surface area contributed by atoms with E-state index >= 15 is 0 Å². The molecule has 1 aromatic heterocycles. The molecule has 0 atom stereocenters. The quantitative estimate of drug-likeness (QED) is 0.761. The van der Waals surface area contributed by atoms with E-state index in [2.05, 4.69) is 23.0 Å². The molecule has 14 heavy (non-hydrogen) atoms. The maximum absolute atomic E-state index is 4.29. The first-order valence-electron chi connectivity index (χ1n) is 4.59. The number of dihydropyridines is 1. The summed E-state index contributed by atoms with van der Waals surface area (Å²) in [6.45, 7) is 4.52. The summed E-state index contributed by atoms with van der Waals surface area (Å²) in [6, 6.07) is 5.93. The summed E-state index contributed by atoms with van der Waals surface area (Å²) in [6.07, 6.45) is 7.71. The Bertz CT molecular complexity index is 388. The van der Waals surface area contributed by atoms with Crippen LogP contribution < -0.4 is 5.32 Å². The largest absolute Gasteiger partial charge is 0.381 e. The molecule has 2 heterocycles. The molecule has 0 amide bonds. The third-order valence-electron chi connectivity index (χ3n) is 2.16. The van der Waals surface area contributed by atoms with Gasteiger partial charge in [0.05, 0.1) is 5.69 Å². The number of aromatic nitrogens is 1. The molecule has 1 aromatic rings. The standard InChI is InChI=1S/C12H12N2/c1-2-11-7-6-10(9-14-11)12-5-3-4-8-13-12/h2-8,14H,1,9H2. The van der Waals surface area contributed by atoms with Gasteiger partial charge in [-0.3, -0.25) is 4.98 Å². The van der Waals surface area contributed by atoms with Gasteiger partial charge in [-0.05, 0) is 29.9 Å². The van der Waals surface area contributed by atoms with Crippen LogP contribution in [0.2, 0.25) is 0 Å². The van der Waals surface area contributed by atoms with Gasteiger partial charge in [-0.15, -0.1) is 0 Å². The van der Waals surface area contributed by atoms with Crippen molar-refractivity contribution in [3.8, 4) is 0 Å². The SMILES string of the molecule is C=CC1=CC=C(c2ccccn2)CN1. The Morgan fingerprint density at radius 2 is 2.29 bits per heavy atom. The van der Waals surface area contributed by atoms with Crippen LogP contribution in [0.4, 0.5) is 0 Å². The number of nitrogens with one attached hydrogen (secondary N) is 1. The van der Waals surface area contributed by atoms with E-state index in [1.807, 2.05) is 36.5 Å². The number of hydrogen-bond acceptors (Lipinski definition) is 2. The van der Waals surface area contributed by atoms with Crippen molar-refractivity contribution >= 4 is 5.57 Å². The minimum Gasteiger partial charge on any atom is -0.381 e. The highest BCUT2D eigenvalue weighted by molar-refractivity contribution is 5.67. The molecule has 1 aliphatic rings. The number of allylic oxidation sites excluding steroid dienone is 3. The van der Waals surface area contributed by atoms with Crippen molar-refractivity contribution in [3.63, 3.8) is 0 Å². The molecule has 0 bridgehead atoms. The van der Waals surface area contributed by atoms with Crippen LogP contribution in [0.1, 0.15) is 5.69 Å². The lowest BCUT2D eigenvalue weighted by Gasteiger charge is -2.14. The van der Waals surface area contributed by atoms with E-state index in [1.165, 1.54) is 5.57 Å². The van der Waals surface area contributed by atoms with Crippen LogP contribution >= 0.6 is 0 Å². The maximum atomic E-state index is 4.29. The van der Waals surface area contributed by atoms with Gasteiger partial charge in [0.2, 0.25) is 0 Å². The zero-order valence-electron chi connectivity index (χ0n) is 7.90. The first-order chi connectivity index (χ1) is 6.90. The summed E-state index contributed by atoms with van der Waals surface area (Å²) < 4.78 is 0. The molecule has 0 unspecified atom stereocenters. The summed E-state index contributed by atoms with van der Waals surface area (Å²) >= 11 is 0. The summed E-state index contributed by atoms with van der Waals surface area (Å²) in [5.41, 5.74) is 3.29. The average Bonchev–Trinajstić information content (AvgIpc) is 2.30. The van der Waals surface area contributed by atoms with Crippen molar-refractivity contribution < 1.29 is 0 Å². The maximum Gasteiger partial charge on any atom is 0.0679 e. The Labute approximate surface area is 83.7 Å². The molecular weight excluding hydrogens is 172 g/mol. The minimum atomic E-state index is 0.814. The van der Waals surface area contributed by atoms with E-state index in [4.69, 9.17) is 0 Å². The van der Waals surface area contributed by atoms with E-state index < -0.39 is 0 Å². The van der Waals surface area contributed by atoms with Gasteiger partial charge >= 0.3 is 0 Å². The van der Waals surface area contributed by atoms with Crippen molar-refractivity contribution in [2.24, 2.45) is 0 Å². The van der Waals surface area contributed by atoms with Gasteiger partial charge < -0.3 is 5.32 Å². The average molecular weight is 184 g/mol. The Hall–Kier alpha value is -1.83. The van der Waals surface area contributed by atoms with Crippen LogP contribution in [0.5, 0.6) is 0 Å². The molecule has 0 aliphatic carbocycles. The molecular formula is C12H12N2. The zero-order valence-corrected chi connectivity index (χ0v) is 7.90. The van der Waals surface area contributed by atoms with Crippen LogP contribution in [-0.2, 0) is 0 Å². The van der Waals surface area contributed by atoms with Crippen LogP contribution in [0, 0.1) is 0 Å². The number of rotatable bonds is 2. The predicted octanol–water partition coefficient (Wildman–Crippen LogP) is 2.14. The van der Waals surface area contributed by atoms with Crippen molar-refractivity contribution in [1.82, 2.24) is 10.3 Å². The van der Waals surface area contributed by atoms with Gasteiger partial charge in [-0.25, -0.2) is 0 Å². The van der Waals surface area contributed by atoms with Crippen molar-refractivity contribution in [3.05, 3.63) is 60.6 Å². The molecule has 70 valence electrons.